The van der Waals surface area contributed by atoms with Gasteiger partial charge in [0.15, 0.2) is 5.84 Å². The second-order valence-corrected chi connectivity index (χ2v) is 6.77. The molecule has 0 saturated carbocycles. The average Bonchev–Trinajstić information content (AvgIpc) is 2.96. The molecule has 1 amide bonds. The molecule has 24 heavy (non-hydrogen) atoms. The number of pyridine rings is 1. The number of aromatic carboxylic acids is 1. The van der Waals surface area contributed by atoms with Crippen molar-refractivity contribution in [1.82, 2.24) is 14.9 Å². The molecule has 0 spiro atoms. The minimum atomic E-state index is -1.16. The van der Waals surface area contributed by atoms with Crippen molar-refractivity contribution in [3.63, 3.8) is 0 Å². The van der Waals surface area contributed by atoms with Crippen LogP contribution in [0.1, 0.15) is 36.8 Å². The monoisotopic (exact) mass is 348 g/mol. The van der Waals surface area contributed by atoms with Gasteiger partial charge in [-0.3, -0.25) is 4.79 Å². The second-order valence-electron chi connectivity index (χ2n) is 6.37. The number of amides is 1. The Kier molecular flexibility index (Phi) is 3.64. The van der Waals surface area contributed by atoms with Crippen molar-refractivity contribution < 1.29 is 14.7 Å². The zero-order valence-electron chi connectivity index (χ0n) is 13.7. The van der Waals surface area contributed by atoms with E-state index in [4.69, 9.17) is 11.6 Å². The zero-order chi connectivity index (χ0) is 17.8. The van der Waals surface area contributed by atoms with Crippen molar-refractivity contribution in [3.05, 3.63) is 28.5 Å². The first kappa shape index (κ1) is 16.4. The summed E-state index contributed by atoms with van der Waals surface area (Å²) in [6.07, 6.45) is 1.65. The lowest BCUT2D eigenvalue weighted by molar-refractivity contribution is -0.124. The highest BCUT2D eigenvalue weighted by Crippen LogP contribution is 2.30. The number of carbonyl (C=O) groups excluding carboxylic acids is 1. The fraction of sp³-hybridized carbons (Fsp3) is 0.375. The molecule has 1 atom stereocenters. The number of amidine groups is 1. The molecule has 2 aromatic rings. The molecule has 0 bridgehead atoms. The first-order chi connectivity index (χ1) is 11.1. The van der Waals surface area contributed by atoms with E-state index in [-0.39, 0.29) is 28.9 Å². The van der Waals surface area contributed by atoms with E-state index in [1.165, 1.54) is 6.07 Å². The largest absolute Gasteiger partial charge is 0.478 e. The number of hydrogen-bond acceptors (Lipinski definition) is 4. The molecule has 0 aliphatic carbocycles. The van der Waals surface area contributed by atoms with E-state index in [1.807, 2.05) is 13.8 Å². The molecule has 0 saturated heterocycles. The van der Waals surface area contributed by atoms with Crippen LogP contribution in [0.25, 0.3) is 11.0 Å². The van der Waals surface area contributed by atoms with E-state index < -0.39 is 11.5 Å². The lowest BCUT2D eigenvalue weighted by Crippen LogP contribution is -2.41. The predicted molar refractivity (Wildman–Crippen MR) is 90.6 cm³/mol. The number of rotatable bonds is 3. The van der Waals surface area contributed by atoms with Gasteiger partial charge in [-0.05, 0) is 18.9 Å². The third-order valence-corrected chi connectivity index (χ3v) is 4.82. The van der Waals surface area contributed by atoms with E-state index in [0.717, 1.165) is 0 Å². The molecule has 1 unspecified atom stereocenters. The molecular weight excluding hydrogens is 332 g/mol. The highest BCUT2D eigenvalue weighted by Gasteiger charge is 2.43. The number of carboxylic acids is 1. The van der Waals surface area contributed by atoms with Crippen LogP contribution >= 0.6 is 11.6 Å². The molecule has 0 fully saturated rings. The molecule has 0 radical (unpaired) electrons. The highest BCUT2D eigenvalue weighted by atomic mass is 35.5. The van der Waals surface area contributed by atoms with Gasteiger partial charge in [0.25, 0.3) is 5.91 Å². The number of hydrogen-bond donors (Lipinski definition) is 2. The van der Waals surface area contributed by atoms with Gasteiger partial charge in [-0.1, -0.05) is 25.4 Å². The highest BCUT2D eigenvalue weighted by molar-refractivity contribution is 6.35. The Bertz CT molecular complexity index is 916. The number of halogens is 1. The van der Waals surface area contributed by atoms with E-state index in [2.05, 4.69) is 15.3 Å². The second kappa shape index (κ2) is 5.31. The minimum Gasteiger partial charge on any atom is -0.478 e. The average molecular weight is 349 g/mol. The summed E-state index contributed by atoms with van der Waals surface area (Å²) < 4.78 is 1.70. The van der Waals surface area contributed by atoms with Crippen molar-refractivity contribution in [1.29, 1.82) is 0 Å². The van der Waals surface area contributed by atoms with Gasteiger partial charge < -0.3 is 15.0 Å². The third-order valence-electron chi connectivity index (χ3n) is 4.52. The lowest BCUT2D eigenvalue weighted by atomic mass is 9.89. The van der Waals surface area contributed by atoms with E-state index in [0.29, 0.717) is 16.1 Å². The zero-order valence-corrected chi connectivity index (χ0v) is 14.5. The molecule has 1 aliphatic heterocycles. The number of carbonyl (C=O) groups is 2. The number of fused-ring (bicyclic) bond motifs is 1. The first-order valence-electron chi connectivity index (χ1n) is 7.45. The van der Waals surface area contributed by atoms with Crippen LogP contribution in [0.4, 0.5) is 0 Å². The van der Waals surface area contributed by atoms with Crippen LogP contribution < -0.4 is 5.32 Å². The SMILES string of the molecule is CC(C)C1(C)N=C(c2nc3c(cc2C(=O)O)c(Cl)cn3C)NC1=O. The molecule has 0 aromatic carbocycles. The van der Waals surface area contributed by atoms with E-state index in [9.17, 15) is 14.7 Å². The van der Waals surface area contributed by atoms with Gasteiger partial charge in [0, 0.05) is 18.6 Å². The summed E-state index contributed by atoms with van der Waals surface area (Å²) in [6, 6.07) is 1.46. The van der Waals surface area contributed by atoms with Gasteiger partial charge in [-0.2, -0.15) is 0 Å². The Hall–Kier alpha value is -2.41. The fourth-order valence-corrected chi connectivity index (χ4v) is 2.93. The van der Waals surface area contributed by atoms with Crippen LogP contribution in [0.5, 0.6) is 0 Å². The third kappa shape index (κ3) is 2.27. The smallest absolute Gasteiger partial charge is 0.338 e. The number of nitrogens with zero attached hydrogens (tertiary/aromatic N) is 3. The summed E-state index contributed by atoms with van der Waals surface area (Å²) in [6.45, 7) is 5.49. The maximum atomic E-state index is 12.3. The molecule has 3 heterocycles. The minimum absolute atomic E-state index is 0.0449. The van der Waals surface area contributed by atoms with Crippen LogP contribution in [0.3, 0.4) is 0 Å². The van der Waals surface area contributed by atoms with Crippen molar-refractivity contribution in [2.45, 2.75) is 26.3 Å². The van der Waals surface area contributed by atoms with Crippen LogP contribution in [-0.2, 0) is 11.8 Å². The molecular formula is C16H17ClN4O3. The van der Waals surface area contributed by atoms with Crippen molar-refractivity contribution in [2.24, 2.45) is 18.0 Å². The fourth-order valence-electron chi connectivity index (χ4n) is 2.64. The molecule has 3 rings (SSSR count). The Balaban J connectivity index is 2.26. The maximum absolute atomic E-state index is 12.3. The predicted octanol–water partition coefficient (Wildman–Crippen LogP) is 2.22. The molecule has 2 N–H and O–H groups in total. The molecule has 1 aliphatic rings. The summed E-state index contributed by atoms with van der Waals surface area (Å²) in [5, 5.41) is 13.2. The summed E-state index contributed by atoms with van der Waals surface area (Å²) >= 11 is 6.12. The number of nitrogens with one attached hydrogen (secondary N) is 1. The van der Waals surface area contributed by atoms with Gasteiger partial charge in [-0.15, -0.1) is 0 Å². The summed E-state index contributed by atoms with van der Waals surface area (Å²) in [5.74, 6) is -1.30. The topological polar surface area (TPSA) is 96.6 Å². The molecule has 126 valence electrons. The van der Waals surface area contributed by atoms with Crippen LogP contribution in [0.2, 0.25) is 5.02 Å². The van der Waals surface area contributed by atoms with Gasteiger partial charge >= 0.3 is 5.97 Å². The van der Waals surface area contributed by atoms with Crippen molar-refractivity contribution in [2.75, 3.05) is 0 Å². The number of aryl methyl sites for hydroxylation is 1. The van der Waals surface area contributed by atoms with Crippen LogP contribution in [0, 0.1) is 5.92 Å². The van der Waals surface area contributed by atoms with Gasteiger partial charge in [0.2, 0.25) is 0 Å². The molecule has 2 aromatic heterocycles. The normalized spacial score (nSPS) is 20.6. The summed E-state index contributed by atoms with van der Waals surface area (Å²) in [7, 11) is 1.76. The van der Waals surface area contributed by atoms with Crippen LogP contribution in [0.15, 0.2) is 17.3 Å². The Morgan fingerprint density at radius 3 is 2.67 bits per heavy atom. The number of aliphatic imine (C=N–C) groups is 1. The summed E-state index contributed by atoms with van der Waals surface area (Å²) in [4.78, 5) is 32.8. The van der Waals surface area contributed by atoms with Crippen molar-refractivity contribution >= 4 is 40.3 Å². The van der Waals surface area contributed by atoms with Gasteiger partial charge in [0.1, 0.15) is 16.9 Å². The van der Waals surface area contributed by atoms with Crippen molar-refractivity contribution in [3.8, 4) is 0 Å². The Morgan fingerprint density at radius 2 is 2.12 bits per heavy atom. The van der Waals surface area contributed by atoms with Gasteiger partial charge in [-0.25, -0.2) is 14.8 Å². The van der Waals surface area contributed by atoms with E-state index in [1.54, 1.807) is 24.7 Å². The number of carboxylic acid groups (broad SMARTS) is 1. The van der Waals surface area contributed by atoms with Crippen LogP contribution in [-0.4, -0.2) is 37.9 Å². The molecule has 8 heteroatoms. The number of aromatic nitrogens is 2. The first-order valence-corrected chi connectivity index (χ1v) is 7.83. The Morgan fingerprint density at radius 1 is 1.46 bits per heavy atom. The molecule has 7 nitrogen and oxygen atoms in total. The van der Waals surface area contributed by atoms with Gasteiger partial charge in [0.05, 0.1) is 10.6 Å². The standard InChI is InChI=1S/C16H17ClN4O3/c1-7(2)16(3)15(24)19-12(20-16)11-9(14(22)23)5-8-10(17)6-21(4)13(8)18-11/h5-7H,1-4H3,(H,22,23)(H,19,20,24). The summed E-state index contributed by atoms with van der Waals surface area (Å²) in [5.41, 5.74) is -0.350. The quantitative estimate of drug-likeness (QED) is 0.888. The maximum Gasteiger partial charge on any atom is 0.338 e. The lowest BCUT2D eigenvalue weighted by Gasteiger charge is -2.21. The van der Waals surface area contributed by atoms with E-state index >= 15 is 0 Å². The Labute approximate surface area is 143 Å².